The first-order valence-electron chi connectivity index (χ1n) is 6.71. The minimum Gasteiger partial charge on any atom is -0.494 e. The third kappa shape index (κ3) is 3.98. The largest absolute Gasteiger partial charge is 0.494 e. The van der Waals surface area contributed by atoms with Gasteiger partial charge in [-0.15, -0.1) is 0 Å². The van der Waals surface area contributed by atoms with Crippen molar-refractivity contribution in [2.24, 2.45) is 0 Å². The van der Waals surface area contributed by atoms with Crippen molar-refractivity contribution in [3.05, 3.63) is 29.8 Å². The number of carboxylic acid groups (broad SMARTS) is 1. The fourth-order valence-corrected chi connectivity index (χ4v) is 1.54. The number of nitrogens with one attached hydrogen (secondary N) is 1. The Bertz CT molecular complexity index is 469. The quantitative estimate of drug-likeness (QED) is 0.804. The maximum Gasteiger partial charge on any atom is 0.329 e. The SMILES string of the molecule is CCCOc1ccc(C(=O)NC(C)(CC)C(=O)O)cc1. The van der Waals surface area contributed by atoms with Crippen LogP contribution in [0.2, 0.25) is 0 Å². The van der Waals surface area contributed by atoms with Gasteiger partial charge in [-0.3, -0.25) is 4.79 Å². The number of rotatable bonds is 7. The molecule has 0 fully saturated rings. The lowest BCUT2D eigenvalue weighted by molar-refractivity contribution is -0.143. The standard InChI is InChI=1S/C15H21NO4/c1-4-10-20-12-8-6-11(7-9-12)13(17)16-15(3,5-2)14(18)19/h6-9H,4-5,10H2,1-3H3,(H,16,17)(H,18,19). The predicted octanol–water partition coefficient (Wildman–Crippen LogP) is 2.46. The van der Waals surface area contributed by atoms with E-state index in [4.69, 9.17) is 9.84 Å². The van der Waals surface area contributed by atoms with Crippen LogP contribution in [0.3, 0.4) is 0 Å². The van der Waals surface area contributed by atoms with Crippen molar-refractivity contribution in [3.63, 3.8) is 0 Å². The van der Waals surface area contributed by atoms with Gasteiger partial charge in [0.15, 0.2) is 0 Å². The number of aliphatic carboxylic acids is 1. The van der Waals surface area contributed by atoms with E-state index in [1.807, 2.05) is 6.92 Å². The molecule has 1 aromatic carbocycles. The highest BCUT2D eigenvalue weighted by molar-refractivity contribution is 5.97. The predicted molar refractivity (Wildman–Crippen MR) is 76.0 cm³/mol. The highest BCUT2D eigenvalue weighted by Gasteiger charge is 2.32. The summed E-state index contributed by atoms with van der Waals surface area (Å²) in [6.45, 7) is 5.85. The van der Waals surface area contributed by atoms with E-state index in [1.54, 1.807) is 31.2 Å². The number of carboxylic acids is 1. The van der Waals surface area contributed by atoms with E-state index in [2.05, 4.69) is 5.32 Å². The van der Waals surface area contributed by atoms with Gasteiger partial charge in [0, 0.05) is 5.56 Å². The first kappa shape index (κ1) is 16.0. The summed E-state index contributed by atoms with van der Waals surface area (Å²) in [6, 6.07) is 6.65. The van der Waals surface area contributed by atoms with Gasteiger partial charge in [0.2, 0.25) is 0 Å². The molecule has 2 N–H and O–H groups in total. The summed E-state index contributed by atoms with van der Waals surface area (Å²) in [5, 5.41) is 11.7. The maximum atomic E-state index is 12.0. The van der Waals surface area contributed by atoms with Crippen molar-refractivity contribution in [1.82, 2.24) is 5.32 Å². The van der Waals surface area contributed by atoms with Gasteiger partial charge in [-0.25, -0.2) is 4.79 Å². The van der Waals surface area contributed by atoms with E-state index >= 15 is 0 Å². The lowest BCUT2D eigenvalue weighted by Gasteiger charge is -2.24. The number of benzene rings is 1. The smallest absolute Gasteiger partial charge is 0.329 e. The molecule has 0 aliphatic rings. The second-order valence-corrected chi connectivity index (χ2v) is 4.82. The molecular weight excluding hydrogens is 258 g/mol. The first-order chi connectivity index (χ1) is 9.42. The van der Waals surface area contributed by atoms with Crippen molar-refractivity contribution in [2.75, 3.05) is 6.61 Å². The van der Waals surface area contributed by atoms with Gasteiger partial charge in [-0.2, -0.15) is 0 Å². The Morgan fingerprint density at radius 2 is 1.85 bits per heavy atom. The highest BCUT2D eigenvalue weighted by atomic mass is 16.5. The van der Waals surface area contributed by atoms with Crippen LogP contribution in [0.15, 0.2) is 24.3 Å². The summed E-state index contributed by atoms with van der Waals surface area (Å²) in [4.78, 5) is 23.2. The Hall–Kier alpha value is -2.04. The molecule has 0 heterocycles. The molecule has 5 heteroatoms. The lowest BCUT2D eigenvalue weighted by Crippen LogP contribution is -2.51. The van der Waals surface area contributed by atoms with Crippen molar-refractivity contribution < 1.29 is 19.4 Å². The Kier molecular flexibility index (Phi) is 5.55. The molecule has 5 nitrogen and oxygen atoms in total. The Labute approximate surface area is 118 Å². The Morgan fingerprint density at radius 1 is 1.25 bits per heavy atom. The average molecular weight is 279 g/mol. The number of ether oxygens (including phenoxy) is 1. The molecule has 20 heavy (non-hydrogen) atoms. The fraction of sp³-hybridized carbons (Fsp3) is 0.467. The second-order valence-electron chi connectivity index (χ2n) is 4.82. The molecule has 0 spiro atoms. The summed E-state index contributed by atoms with van der Waals surface area (Å²) in [5.41, 5.74) is -0.844. The van der Waals surface area contributed by atoms with E-state index in [-0.39, 0.29) is 0 Å². The monoisotopic (exact) mass is 279 g/mol. The zero-order valence-electron chi connectivity index (χ0n) is 12.1. The molecule has 0 aliphatic carbocycles. The lowest BCUT2D eigenvalue weighted by atomic mass is 9.98. The Balaban J connectivity index is 2.75. The van der Waals surface area contributed by atoms with Crippen LogP contribution in [0.4, 0.5) is 0 Å². The van der Waals surface area contributed by atoms with E-state index in [9.17, 15) is 9.59 Å². The van der Waals surface area contributed by atoms with Gasteiger partial charge in [0.1, 0.15) is 11.3 Å². The molecule has 0 aliphatic heterocycles. The minimum atomic E-state index is -1.26. The molecule has 0 aromatic heterocycles. The van der Waals surface area contributed by atoms with Crippen molar-refractivity contribution >= 4 is 11.9 Å². The van der Waals surface area contributed by atoms with Crippen molar-refractivity contribution in [1.29, 1.82) is 0 Å². The van der Waals surface area contributed by atoms with E-state index in [0.717, 1.165) is 6.42 Å². The molecular formula is C15H21NO4. The van der Waals surface area contributed by atoms with Crippen LogP contribution >= 0.6 is 0 Å². The molecule has 0 bridgehead atoms. The van der Waals surface area contributed by atoms with Crippen molar-refractivity contribution in [2.45, 2.75) is 39.2 Å². The number of carbonyl (C=O) groups excluding carboxylic acids is 1. The van der Waals surface area contributed by atoms with Crippen LogP contribution in [0.25, 0.3) is 0 Å². The number of hydrogen-bond acceptors (Lipinski definition) is 3. The van der Waals surface area contributed by atoms with Crippen LogP contribution in [-0.4, -0.2) is 29.1 Å². The van der Waals surface area contributed by atoms with Gasteiger partial charge < -0.3 is 15.2 Å². The molecule has 0 saturated carbocycles. The number of amides is 1. The van der Waals surface area contributed by atoms with Crippen LogP contribution in [0.5, 0.6) is 5.75 Å². The maximum absolute atomic E-state index is 12.0. The van der Waals surface area contributed by atoms with Crippen LogP contribution in [-0.2, 0) is 4.79 Å². The minimum absolute atomic E-state index is 0.311. The molecule has 1 atom stereocenters. The summed E-state index contributed by atoms with van der Waals surface area (Å²) in [5.74, 6) is -0.755. The highest BCUT2D eigenvalue weighted by Crippen LogP contribution is 2.15. The molecule has 0 saturated heterocycles. The van der Waals surface area contributed by atoms with Crippen LogP contribution < -0.4 is 10.1 Å². The third-order valence-corrected chi connectivity index (χ3v) is 3.16. The van der Waals surface area contributed by atoms with Crippen LogP contribution in [0.1, 0.15) is 44.0 Å². The van der Waals surface area contributed by atoms with Gasteiger partial charge >= 0.3 is 5.97 Å². The molecule has 0 radical (unpaired) electrons. The van der Waals surface area contributed by atoms with Gasteiger partial charge in [-0.1, -0.05) is 13.8 Å². The second kappa shape index (κ2) is 6.93. The summed E-state index contributed by atoms with van der Waals surface area (Å²) in [6.07, 6.45) is 1.22. The average Bonchev–Trinajstić information content (AvgIpc) is 2.45. The number of hydrogen-bond donors (Lipinski definition) is 2. The summed E-state index contributed by atoms with van der Waals surface area (Å²) >= 11 is 0. The van der Waals surface area contributed by atoms with Gasteiger partial charge in [0.05, 0.1) is 6.61 Å². The summed E-state index contributed by atoms with van der Waals surface area (Å²) < 4.78 is 5.42. The molecule has 1 aromatic rings. The van der Waals surface area contributed by atoms with E-state index < -0.39 is 17.4 Å². The fourth-order valence-electron chi connectivity index (χ4n) is 1.54. The normalized spacial score (nSPS) is 13.3. The van der Waals surface area contributed by atoms with E-state index in [1.165, 1.54) is 6.92 Å². The summed E-state index contributed by atoms with van der Waals surface area (Å²) in [7, 11) is 0. The third-order valence-electron chi connectivity index (χ3n) is 3.16. The molecule has 1 amide bonds. The van der Waals surface area contributed by atoms with Crippen molar-refractivity contribution in [3.8, 4) is 5.75 Å². The molecule has 1 rings (SSSR count). The zero-order chi connectivity index (χ0) is 15.2. The first-order valence-corrected chi connectivity index (χ1v) is 6.71. The van der Waals surface area contributed by atoms with Crippen LogP contribution in [0, 0.1) is 0 Å². The molecule has 110 valence electrons. The number of carbonyl (C=O) groups is 2. The van der Waals surface area contributed by atoms with E-state index in [0.29, 0.717) is 24.3 Å². The molecule has 1 unspecified atom stereocenters. The zero-order valence-corrected chi connectivity index (χ0v) is 12.1. The van der Waals surface area contributed by atoms with Gasteiger partial charge in [-0.05, 0) is 44.0 Å². The van der Waals surface area contributed by atoms with Gasteiger partial charge in [0.25, 0.3) is 5.91 Å². The Morgan fingerprint density at radius 3 is 2.30 bits per heavy atom. The topological polar surface area (TPSA) is 75.6 Å².